The van der Waals surface area contributed by atoms with Gasteiger partial charge in [-0.1, -0.05) is 42.5 Å². The molecule has 3 aromatic carbocycles. The largest absolute Gasteiger partial charge is 0.372 e. The molecule has 2 fully saturated rings. The monoisotopic (exact) mass is 520 g/mol. The Morgan fingerprint density at radius 2 is 1.44 bits per heavy atom. The van der Waals surface area contributed by atoms with Crippen LogP contribution in [0.15, 0.2) is 78.9 Å². The number of hydrogen-bond acceptors (Lipinski definition) is 5. The van der Waals surface area contributed by atoms with E-state index in [1.165, 1.54) is 11.3 Å². The van der Waals surface area contributed by atoms with Crippen LogP contribution in [0.3, 0.4) is 0 Å². The molecule has 6 heteroatoms. The molecule has 1 amide bonds. The number of hydrogen-bond donors (Lipinski definition) is 1. The van der Waals surface area contributed by atoms with Gasteiger partial charge in [0.1, 0.15) is 0 Å². The summed E-state index contributed by atoms with van der Waals surface area (Å²) in [6.45, 7) is 4.66. The number of nitrogens with one attached hydrogen (secondary N) is 1. The topological polar surface area (TPSA) is 76.4 Å². The van der Waals surface area contributed by atoms with Crippen molar-refractivity contribution in [3.8, 4) is 6.07 Å². The molecule has 0 aliphatic carbocycles. The van der Waals surface area contributed by atoms with Crippen molar-refractivity contribution < 1.29 is 9.59 Å². The fourth-order valence-electron chi connectivity index (χ4n) is 5.67. The average molecular weight is 521 g/mol. The lowest BCUT2D eigenvalue weighted by Gasteiger charge is -2.33. The summed E-state index contributed by atoms with van der Waals surface area (Å²) in [4.78, 5) is 30.6. The van der Waals surface area contributed by atoms with Crippen LogP contribution in [0.5, 0.6) is 0 Å². The molecule has 0 radical (unpaired) electrons. The Balaban J connectivity index is 1.04. The molecule has 39 heavy (non-hydrogen) atoms. The number of benzene rings is 3. The summed E-state index contributed by atoms with van der Waals surface area (Å²) in [5.41, 5.74) is 4.42. The Hall–Kier alpha value is -3.95. The quantitative estimate of drug-likeness (QED) is 0.400. The van der Waals surface area contributed by atoms with E-state index in [4.69, 9.17) is 5.26 Å². The fourth-order valence-corrected chi connectivity index (χ4v) is 5.67. The summed E-state index contributed by atoms with van der Waals surface area (Å²) in [7, 11) is 0. The number of carbonyl (C=O) groups excluding carboxylic acids is 2. The number of anilines is 1. The minimum atomic E-state index is -0.0761. The summed E-state index contributed by atoms with van der Waals surface area (Å²) in [6.07, 6.45) is 4.42. The molecular weight excluding hydrogens is 484 g/mol. The molecule has 0 bridgehead atoms. The summed E-state index contributed by atoms with van der Waals surface area (Å²) in [5, 5.41) is 12.1. The van der Waals surface area contributed by atoms with Crippen molar-refractivity contribution in [2.45, 2.75) is 44.7 Å². The summed E-state index contributed by atoms with van der Waals surface area (Å²) >= 11 is 0. The van der Waals surface area contributed by atoms with Crippen molar-refractivity contribution in [1.82, 2.24) is 10.2 Å². The van der Waals surface area contributed by atoms with Crippen molar-refractivity contribution in [3.05, 3.63) is 101 Å². The Morgan fingerprint density at radius 3 is 2.08 bits per heavy atom. The van der Waals surface area contributed by atoms with Crippen molar-refractivity contribution in [3.63, 3.8) is 0 Å². The van der Waals surface area contributed by atoms with Crippen molar-refractivity contribution in [2.75, 3.05) is 31.1 Å². The minimum absolute atomic E-state index is 0.0761. The van der Waals surface area contributed by atoms with E-state index in [1.54, 1.807) is 24.3 Å². The highest BCUT2D eigenvalue weighted by Gasteiger charge is 2.23. The highest BCUT2D eigenvalue weighted by Crippen LogP contribution is 2.26. The van der Waals surface area contributed by atoms with E-state index < -0.39 is 0 Å². The highest BCUT2D eigenvalue weighted by molar-refractivity contribution is 5.99. The van der Waals surface area contributed by atoms with Gasteiger partial charge in [0, 0.05) is 62.0 Å². The smallest absolute Gasteiger partial charge is 0.251 e. The maximum Gasteiger partial charge on any atom is 0.251 e. The Morgan fingerprint density at radius 1 is 0.795 bits per heavy atom. The van der Waals surface area contributed by atoms with E-state index in [0.717, 1.165) is 58.4 Å². The number of nitrogens with zero attached hydrogens (tertiary/aromatic N) is 3. The van der Waals surface area contributed by atoms with Gasteiger partial charge in [0.25, 0.3) is 5.91 Å². The van der Waals surface area contributed by atoms with Crippen LogP contribution in [-0.4, -0.2) is 48.8 Å². The van der Waals surface area contributed by atoms with E-state index in [9.17, 15) is 9.59 Å². The van der Waals surface area contributed by atoms with Gasteiger partial charge >= 0.3 is 0 Å². The van der Waals surface area contributed by atoms with Gasteiger partial charge in [-0.2, -0.15) is 5.26 Å². The Kier molecular flexibility index (Phi) is 8.70. The van der Waals surface area contributed by atoms with Crippen molar-refractivity contribution >= 4 is 17.4 Å². The maximum atomic E-state index is 12.9. The zero-order valence-electron chi connectivity index (χ0n) is 22.4. The Bertz CT molecular complexity index is 1280. The van der Waals surface area contributed by atoms with Gasteiger partial charge in [0.2, 0.25) is 0 Å². The average Bonchev–Trinajstić information content (AvgIpc) is 2.99. The maximum absolute atomic E-state index is 12.9. The van der Waals surface area contributed by atoms with Gasteiger partial charge < -0.3 is 10.2 Å². The molecule has 2 heterocycles. The van der Waals surface area contributed by atoms with Crippen LogP contribution in [0.4, 0.5) is 5.69 Å². The molecule has 0 spiro atoms. The number of Topliss-reactive ketones (excluding diaryl/α,β-unsaturated/α-hetero) is 1. The number of para-hydroxylation sites is 1. The molecule has 0 aromatic heterocycles. The van der Waals surface area contributed by atoms with Gasteiger partial charge in [0.05, 0.1) is 11.6 Å². The van der Waals surface area contributed by atoms with Crippen LogP contribution >= 0.6 is 0 Å². The number of likely N-dealkylation sites (tertiary alicyclic amines) is 1. The second-order valence-corrected chi connectivity index (χ2v) is 10.8. The zero-order chi connectivity index (χ0) is 27.0. The predicted octanol–water partition coefficient (Wildman–Crippen LogP) is 5.44. The molecule has 0 saturated carbocycles. The first-order valence-corrected chi connectivity index (χ1v) is 14.0. The SMILES string of the molecule is N#Cc1ccc(CN2CCC(NC(=O)c3ccc(C(=O)CC4CCN(c5ccccc5)CC4)cc3)CC2)cc1. The summed E-state index contributed by atoms with van der Waals surface area (Å²) < 4.78 is 0. The number of piperidine rings is 2. The van der Waals surface area contributed by atoms with Gasteiger partial charge in [-0.15, -0.1) is 0 Å². The van der Waals surface area contributed by atoms with Crippen LogP contribution in [-0.2, 0) is 6.54 Å². The molecule has 0 atom stereocenters. The minimum Gasteiger partial charge on any atom is -0.372 e. The van der Waals surface area contributed by atoms with E-state index in [2.05, 4.69) is 45.5 Å². The molecule has 2 aliphatic heterocycles. The van der Waals surface area contributed by atoms with Crippen molar-refractivity contribution in [2.24, 2.45) is 5.92 Å². The lowest BCUT2D eigenvalue weighted by Crippen LogP contribution is -2.44. The number of amides is 1. The van der Waals surface area contributed by atoms with Gasteiger partial charge in [0.15, 0.2) is 5.78 Å². The molecule has 200 valence electrons. The van der Waals surface area contributed by atoms with Crippen LogP contribution in [0.25, 0.3) is 0 Å². The third kappa shape index (κ3) is 7.13. The third-order valence-corrected chi connectivity index (χ3v) is 8.09. The fraction of sp³-hybridized carbons (Fsp3) is 0.364. The van der Waals surface area contributed by atoms with Crippen molar-refractivity contribution in [1.29, 1.82) is 5.26 Å². The molecular formula is C33H36N4O2. The predicted molar refractivity (Wildman–Crippen MR) is 154 cm³/mol. The van der Waals surface area contributed by atoms with Gasteiger partial charge in [-0.05, 0) is 73.6 Å². The number of ketones is 1. The van der Waals surface area contributed by atoms with Crippen LogP contribution < -0.4 is 10.2 Å². The van der Waals surface area contributed by atoms with E-state index in [0.29, 0.717) is 29.0 Å². The lowest BCUT2D eigenvalue weighted by atomic mass is 9.89. The Labute approximate surface area is 231 Å². The third-order valence-electron chi connectivity index (χ3n) is 8.09. The number of rotatable bonds is 8. The molecule has 6 nitrogen and oxygen atoms in total. The van der Waals surface area contributed by atoms with Crippen LogP contribution in [0.2, 0.25) is 0 Å². The van der Waals surface area contributed by atoms with Gasteiger partial charge in [-0.3, -0.25) is 14.5 Å². The lowest BCUT2D eigenvalue weighted by molar-refractivity contribution is 0.0906. The summed E-state index contributed by atoms with van der Waals surface area (Å²) in [5.74, 6) is 0.491. The molecule has 0 unspecified atom stereocenters. The van der Waals surface area contributed by atoms with E-state index >= 15 is 0 Å². The first-order chi connectivity index (χ1) is 19.1. The van der Waals surface area contributed by atoms with E-state index in [-0.39, 0.29) is 17.7 Å². The normalized spacial score (nSPS) is 16.9. The van der Waals surface area contributed by atoms with E-state index in [1.807, 2.05) is 30.3 Å². The van der Waals surface area contributed by atoms with Crippen LogP contribution in [0.1, 0.15) is 63.9 Å². The molecule has 1 N–H and O–H groups in total. The molecule has 3 aromatic rings. The second-order valence-electron chi connectivity index (χ2n) is 10.8. The van der Waals surface area contributed by atoms with Gasteiger partial charge in [-0.25, -0.2) is 0 Å². The highest BCUT2D eigenvalue weighted by atomic mass is 16.1. The first-order valence-electron chi connectivity index (χ1n) is 14.0. The number of nitriles is 1. The molecule has 5 rings (SSSR count). The second kappa shape index (κ2) is 12.7. The van der Waals surface area contributed by atoms with Crippen LogP contribution in [0, 0.1) is 17.2 Å². The first kappa shape index (κ1) is 26.6. The zero-order valence-corrected chi connectivity index (χ0v) is 22.4. The number of carbonyl (C=O) groups is 2. The molecule has 2 aliphatic rings. The summed E-state index contributed by atoms with van der Waals surface area (Å²) in [6, 6.07) is 27.7. The standard InChI is InChI=1S/C33H36N4O2/c34-23-26-6-8-27(9-7-26)24-36-18-16-30(17-19-36)35-33(39)29-12-10-28(11-13-29)32(38)22-25-14-20-37(21-15-25)31-4-2-1-3-5-31/h1-13,25,30H,14-22,24H2,(H,35,39). The molecule has 2 saturated heterocycles.